The van der Waals surface area contributed by atoms with Crippen LogP contribution in [0.25, 0.3) is 0 Å². The molecule has 4 heteroatoms. The van der Waals surface area contributed by atoms with Gasteiger partial charge in [0.05, 0.1) is 7.11 Å². The number of carbonyl (C=O) groups excluding carboxylic acids is 1. The molecule has 1 N–H and O–H groups in total. The van der Waals surface area contributed by atoms with E-state index in [1.54, 1.807) is 7.11 Å². The third-order valence-corrected chi connectivity index (χ3v) is 4.45. The van der Waals surface area contributed by atoms with Crippen molar-refractivity contribution in [1.82, 2.24) is 4.90 Å². The SMILES string of the molecule is COc1ccc(NC(C(=O)N2CCCCC2)c2ccccc2)cc1. The van der Waals surface area contributed by atoms with E-state index >= 15 is 0 Å². The molecule has 0 radical (unpaired) electrons. The summed E-state index contributed by atoms with van der Waals surface area (Å²) in [6, 6.07) is 17.2. The van der Waals surface area contributed by atoms with Crippen LogP contribution in [0, 0.1) is 0 Å². The van der Waals surface area contributed by atoms with Crippen molar-refractivity contribution in [2.24, 2.45) is 0 Å². The molecule has 0 aromatic heterocycles. The molecule has 0 bridgehead atoms. The van der Waals surface area contributed by atoms with Gasteiger partial charge >= 0.3 is 0 Å². The highest BCUT2D eigenvalue weighted by Crippen LogP contribution is 2.25. The monoisotopic (exact) mass is 324 g/mol. The zero-order valence-corrected chi connectivity index (χ0v) is 14.1. The first kappa shape index (κ1) is 16.4. The van der Waals surface area contributed by atoms with Gasteiger partial charge in [-0.3, -0.25) is 4.79 Å². The molecule has 4 nitrogen and oxygen atoms in total. The summed E-state index contributed by atoms with van der Waals surface area (Å²) >= 11 is 0. The molecule has 0 aliphatic carbocycles. The quantitative estimate of drug-likeness (QED) is 0.908. The highest BCUT2D eigenvalue weighted by Gasteiger charge is 2.26. The maximum atomic E-state index is 13.1. The van der Waals surface area contributed by atoms with Crippen LogP contribution in [-0.2, 0) is 4.79 Å². The first-order chi connectivity index (χ1) is 11.8. The standard InChI is InChI=1S/C20H24N2O2/c1-24-18-12-10-17(11-13-18)21-19(16-8-4-2-5-9-16)20(23)22-14-6-3-7-15-22/h2,4-5,8-13,19,21H,3,6-7,14-15H2,1H3. The Bertz CT molecular complexity index is 649. The van der Waals surface area contributed by atoms with E-state index in [4.69, 9.17) is 4.74 Å². The number of carbonyl (C=O) groups is 1. The van der Waals surface area contributed by atoms with E-state index in [-0.39, 0.29) is 11.9 Å². The lowest BCUT2D eigenvalue weighted by molar-refractivity contribution is -0.133. The Morgan fingerprint density at radius 1 is 1.00 bits per heavy atom. The summed E-state index contributed by atoms with van der Waals surface area (Å²) in [7, 11) is 1.65. The molecule has 1 atom stereocenters. The average molecular weight is 324 g/mol. The Labute approximate surface area is 143 Å². The van der Waals surface area contributed by atoms with Gasteiger partial charge in [-0.1, -0.05) is 30.3 Å². The number of rotatable bonds is 5. The zero-order chi connectivity index (χ0) is 16.8. The summed E-state index contributed by atoms with van der Waals surface area (Å²) in [6.07, 6.45) is 3.40. The van der Waals surface area contributed by atoms with E-state index in [0.717, 1.165) is 42.9 Å². The van der Waals surface area contributed by atoms with Crippen molar-refractivity contribution in [3.05, 3.63) is 60.2 Å². The summed E-state index contributed by atoms with van der Waals surface area (Å²) in [4.78, 5) is 15.0. The Kier molecular flexibility index (Phi) is 5.36. The number of piperidine rings is 1. The fourth-order valence-corrected chi connectivity index (χ4v) is 3.08. The number of ether oxygens (including phenoxy) is 1. The molecule has 3 rings (SSSR count). The predicted molar refractivity (Wildman–Crippen MR) is 96.2 cm³/mol. The van der Waals surface area contributed by atoms with Crippen molar-refractivity contribution < 1.29 is 9.53 Å². The number of likely N-dealkylation sites (tertiary alicyclic amines) is 1. The lowest BCUT2D eigenvalue weighted by Gasteiger charge is -2.31. The van der Waals surface area contributed by atoms with Crippen LogP contribution in [0.15, 0.2) is 54.6 Å². The fourth-order valence-electron chi connectivity index (χ4n) is 3.08. The number of hydrogen-bond acceptors (Lipinski definition) is 3. The average Bonchev–Trinajstić information content (AvgIpc) is 2.67. The van der Waals surface area contributed by atoms with Crippen LogP contribution in [-0.4, -0.2) is 31.0 Å². The van der Waals surface area contributed by atoms with Gasteiger partial charge in [0.2, 0.25) is 5.91 Å². The van der Waals surface area contributed by atoms with Crippen molar-refractivity contribution in [2.75, 3.05) is 25.5 Å². The molecular weight excluding hydrogens is 300 g/mol. The minimum atomic E-state index is -0.363. The lowest BCUT2D eigenvalue weighted by atomic mass is 10.0. The Morgan fingerprint density at radius 2 is 1.67 bits per heavy atom. The molecule has 1 saturated heterocycles. The van der Waals surface area contributed by atoms with Gasteiger partial charge in [0.15, 0.2) is 0 Å². The molecule has 126 valence electrons. The van der Waals surface area contributed by atoms with Crippen LogP contribution in [0.3, 0.4) is 0 Å². The van der Waals surface area contributed by atoms with Gasteiger partial charge in [0, 0.05) is 18.8 Å². The van der Waals surface area contributed by atoms with Crippen molar-refractivity contribution in [3.8, 4) is 5.75 Å². The molecule has 1 fully saturated rings. The van der Waals surface area contributed by atoms with Gasteiger partial charge in [0.25, 0.3) is 0 Å². The molecule has 2 aromatic carbocycles. The molecular formula is C20H24N2O2. The first-order valence-corrected chi connectivity index (χ1v) is 8.52. The van der Waals surface area contributed by atoms with E-state index in [9.17, 15) is 4.79 Å². The Morgan fingerprint density at radius 3 is 2.29 bits per heavy atom. The third kappa shape index (κ3) is 3.88. The van der Waals surface area contributed by atoms with E-state index in [2.05, 4.69) is 5.32 Å². The molecule has 1 aliphatic rings. The second-order valence-corrected chi connectivity index (χ2v) is 6.10. The van der Waals surface area contributed by atoms with Crippen LogP contribution in [0.4, 0.5) is 5.69 Å². The molecule has 1 heterocycles. The number of hydrogen-bond donors (Lipinski definition) is 1. The number of methoxy groups -OCH3 is 1. The Balaban J connectivity index is 1.82. The van der Waals surface area contributed by atoms with E-state index in [1.165, 1.54) is 6.42 Å². The number of amides is 1. The molecule has 24 heavy (non-hydrogen) atoms. The maximum Gasteiger partial charge on any atom is 0.249 e. The minimum absolute atomic E-state index is 0.150. The highest BCUT2D eigenvalue weighted by molar-refractivity contribution is 5.86. The van der Waals surface area contributed by atoms with Crippen molar-refractivity contribution >= 4 is 11.6 Å². The summed E-state index contributed by atoms with van der Waals surface area (Å²) in [5.74, 6) is 0.955. The van der Waals surface area contributed by atoms with Crippen molar-refractivity contribution in [3.63, 3.8) is 0 Å². The minimum Gasteiger partial charge on any atom is -0.497 e. The summed E-state index contributed by atoms with van der Waals surface area (Å²) in [6.45, 7) is 1.71. The summed E-state index contributed by atoms with van der Waals surface area (Å²) < 4.78 is 5.20. The number of anilines is 1. The molecule has 0 spiro atoms. The van der Waals surface area contributed by atoms with Gasteiger partial charge in [-0.25, -0.2) is 0 Å². The number of nitrogens with one attached hydrogen (secondary N) is 1. The fraction of sp³-hybridized carbons (Fsp3) is 0.350. The highest BCUT2D eigenvalue weighted by atomic mass is 16.5. The third-order valence-electron chi connectivity index (χ3n) is 4.45. The maximum absolute atomic E-state index is 13.1. The lowest BCUT2D eigenvalue weighted by Crippen LogP contribution is -2.41. The van der Waals surface area contributed by atoms with E-state index in [1.807, 2.05) is 59.5 Å². The predicted octanol–water partition coefficient (Wildman–Crippen LogP) is 3.86. The topological polar surface area (TPSA) is 41.6 Å². The Hall–Kier alpha value is -2.49. The van der Waals surface area contributed by atoms with Crippen molar-refractivity contribution in [1.29, 1.82) is 0 Å². The van der Waals surface area contributed by atoms with Crippen LogP contribution >= 0.6 is 0 Å². The molecule has 0 saturated carbocycles. The van der Waals surface area contributed by atoms with Gasteiger partial charge in [0.1, 0.15) is 11.8 Å². The second kappa shape index (κ2) is 7.86. The second-order valence-electron chi connectivity index (χ2n) is 6.10. The van der Waals surface area contributed by atoms with Crippen LogP contribution in [0.2, 0.25) is 0 Å². The smallest absolute Gasteiger partial charge is 0.249 e. The van der Waals surface area contributed by atoms with Crippen LogP contribution in [0.5, 0.6) is 5.75 Å². The molecule has 1 unspecified atom stereocenters. The summed E-state index contributed by atoms with van der Waals surface area (Å²) in [5.41, 5.74) is 1.90. The van der Waals surface area contributed by atoms with Gasteiger partial charge in [-0.05, 0) is 49.1 Å². The first-order valence-electron chi connectivity index (χ1n) is 8.52. The molecule has 1 aliphatic heterocycles. The number of benzene rings is 2. The van der Waals surface area contributed by atoms with E-state index < -0.39 is 0 Å². The van der Waals surface area contributed by atoms with Gasteiger partial charge in [-0.2, -0.15) is 0 Å². The number of nitrogens with zero attached hydrogens (tertiary/aromatic N) is 1. The van der Waals surface area contributed by atoms with Crippen LogP contribution in [0.1, 0.15) is 30.9 Å². The zero-order valence-electron chi connectivity index (χ0n) is 14.1. The largest absolute Gasteiger partial charge is 0.497 e. The van der Waals surface area contributed by atoms with Gasteiger partial charge in [-0.15, -0.1) is 0 Å². The summed E-state index contributed by atoms with van der Waals surface area (Å²) in [5, 5.41) is 3.40. The van der Waals surface area contributed by atoms with Gasteiger partial charge < -0.3 is 15.0 Å². The van der Waals surface area contributed by atoms with E-state index in [0.29, 0.717) is 0 Å². The molecule has 2 aromatic rings. The van der Waals surface area contributed by atoms with Crippen molar-refractivity contribution in [2.45, 2.75) is 25.3 Å². The van der Waals surface area contributed by atoms with Crippen LogP contribution < -0.4 is 10.1 Å². The normalized spacial score (nSPS) is 15.6. The molecule has 1 amide bonds.